The van der Waals surface area contributed by atoms with Gasteiger partial charge in [-0.05, 0) is 6.42 Å². The van der Waals surface area contributed by atoms with Crippen molar-refractivity contribution in [3.05, 3.63) is 18.0 Å². The molecule has 6 nitrogen and oxygen atoms in total. The average molecular weight is 227 g/mol. The van der Waals surface area contributed by atoms with Gasteiger partial charge in [-0.15, -0.1) is 0 Å². The van der Waals surface area contributed by atoms with Crippen LogP contribution < -0.4 is 5.32 Å². The number of carbonyl (C=O) groups is 1. The number of aryl methyl sites for hydroxylation is 1. The standard InChI is InChI=1S/C10H17N3O3/c1-7(14)11-4-3-9(15)10(16)8-5-12-13(2)6-8/h5-6,9-10,15-16H,3-4H2,1-2H3,(H,11,14). The number of rotatable bonds is 5. The second kappa shape index (κ2) is 5.62. The summed E-state index contributed by atoms with van der Waals surface area (Å²) in [5.74, 6) is -0.150. The van der Waals surface area contributed by atoms with E-state index < -0.39 is 12.2 Å². The van der Waals surface area contributed by atoms with Gasteiger partial charge >= 0.3 is 0 Å². The summed E-state index contributed by atoms with van der Waals surface area (Å²) in [6.45, 7) is 1.75. The lowest BCUT2D eigenvalue weighted by molar-refractivity contribution is -0.119. The van der Waals surface area contributed by atoms with Gasteiger partial charge in [0.15, 0.2) is 0 Å². The molecule has 0 saturated heterocycles. The molecular weight excluding hydrogens is 210 g/mol. The molecule has 0 aliphatic rings. The smallest absolute Gasteiger partial charge is 0.216 e. The van der Waals surface area contributed by atoms with Crippen molar-refractivity contribution in [1.29, 1.82) is 0 Å². The first-order valence-electron chi connectivity index (χ1n) is 5.10. The Bertz CT molecular complexity index is 351. The van der Waals surface area contributed by atoms with E-state index in [4.69, 9.17) is 0 Å². The van der Waals surface area contributed by atoms with Gasteiger partial charge in [-0.25, -0.2) is 0 Å². The molecule has 1 heterocycles. The van der Waals surface area contributed by atoms with E-state index in [1.54, 1.807) is 17.9 Å². The van der Waals surface area contributed by atoms with Crippen molar-refractivity contribution in [3.63, 3.8) is 0 Å². The molecule has 1 rings (SSSR count). The van der Waals surface area contributed by atoms with Crippen LogP contribution in [0.4, 0.5) is 0 Å². The fourth-order valence-corrected chi connectivity index (χ4v) is 1.37. The third-order valence-corrected chi connectivity index (χ3v) is 2.24. The lowest BCUT2D eigenvalue weighted by atomic mass is 10.1. The maximum Gasteiger partial charge on any atom is 0.216 e. The number of amides is 1. The quantitative estimate of drug-likeness (QED) is 0.623. The minimum absolute atomic E-state index is 0.150. The van der Waals surface area contributed by atoms with Crippen LogP contribution in [0.2, 0.25) is 0 Å². The SMILES string of the molecule is CC(=O)NCCC(O)C(O)c1cnn(C)c1. The van der Waals surface area contributed by atoms with Crippen molar-refractivity contribution >= 4 is 5.91 Å². The largest absolute Gasteiger partial charge is 0.390 e. The van der Waals surface area contributed by atoms with Crippen LogP contribution in [-0.2, 0) is 11.8 Å². The van der Waals surface area contributed by atoms with E-state index in [0.717, 1.165) is 0 Å². The predicted octanol–water partition coefficient (Wildman–Crippen LogP) is -0.659. The van der Waals surface area contributed by atoms with Crippen molar-refractivity contribution in [2.75, 3.05) is 6.54 Å². The topological polar surface area (TPSA) is 87.4 Å². The van der Waals surface area contributed by atoms with Crippen LogP contribution in [-0.4, -0.2) is 38.5 Å². The third kappa shape index (κ3) is 3.63. The number of nitrogens with one attached hydrogen (secondary N) is 1. The van der Waals surface area contributed by atoms with E-state index >= 15 is 0 Å². The first-order valence-corrected chi connectivity index (χ1v) is 5.10. The first-order chi connectivity index (χ1) is 7.50. The van der Waals surface area contributed by atoms with Crippen LogP contribution in [0.25, 0.3) is 0 Å². The summed E-state index contributed by atoms with van der Waals surface area (Å²) in [5.41, 5.74) is 0.567. The molecule has 90 valence electrons. The molecule has 0 aliphatic carbocycles. The Kier molecular flexibility index (Phi) is 4.45. The van der Waals surface area contributed by atoms with Gasteiger partial charge in [-0.1, -0.05) is 0 Å². The molecule has 1 aromatic heterocycles. The Morgan fingerprint density at radius 1 is 1.62 bits per heavy atom. The number of aromatic nitrogens is 2. The minimum atomic E-state index is -0.970. The Hall–Kier alpha value is -1.40. The monoisotopic (exact) mass is 227 g/mol. The van der Waals surface area contributed by atoms with Gasteiger partial charge in [0.2, 0.25) is 5.91 Å². The van der Waals surface area contributed by atoms with E-state index in [9.17, 15) is 15.0 Å². The molecule has 1 aromatic rings. The molecule has 0 bridgehead atoms. The van der Waals surface area contributed by atoms with Crippen LogP contribution in [0.3, 0.4) is 0 Å². The molecule has 0 radical (unpaired) electrons. The normalized spacial score (nSPS) is 14.5. The van der Waals surface area contributed by atoms with Gasteiger partial charge in [0.1, 0.15) is 6.10 Å². The predicted molar refractivity (Wildman–Crippen MR) is 57.5 cm³/mol. The highest BCUT2D eigenvalue weighted by Gasteiger charge is 2.19. The van der Waals surface area contributed by atoms with Gasteiger partial charge < -0.3 is 15.5 Å². The van der Waals surface area contributed by atoms with Gasteiger partial charge in [0.25, 0.3) is 0 Å². The molecule has 3 N–H and O–H groups in total. The Labute approximate surface area is 93.9 Å². The number of hydrogen-bond donors (Lipinski definition) is 3. The summed E-state index contributed by atoms with van der Waals surface area (Å²) in [6.07, 6.45) is 1.58. The minimum Gasteiger partial charge on any atom is -0.390 e. The summed E-state index contributed by atoms with van der Waals surface area (Å²) < 4.78 is 1.55. The zero-order chi connectivity index (χ0) is 12.1. The summed E-state index contributed by atoms with van der Waals surface area (Å²) in [4.78, 5) is 10.6. The van der Waals surface area contributed by atoms with Gasteiger partial charge in [-0.2, -0.15) is 5.10 Å². The highest BCUT2D eigenvalue weighted by molar-refractivity contribution is 5.72. The van der Waals surface area contributed by atoms with Crippen LogP contribution in [0.5, 0.6) is 0 Å². The van der Waals surface area contributed by atoms with Crippen LogP contribution >= 0.6 is 0 Å². The molecule has 6 heteroatoms. The maximum absolute atomic E-state index is 10.6. The Balaban J connectivity index is 2.41. The van der Waals surface area contributed by atoms with Crippen molar-refractivity contribution < 1.29 is 15.0 Å². The van der Waals surface area contributed by atoms with Gasteiger partial charge in [-0.3, -0.25) is 9.48 Å². The summed E-state index contributed by atoms with van der Waals surface area (Å²) >= 11 is 0. The Morgan fingerprint density at radius 3 is 2.81 bits per heavy atom. The van der Waals surface area contributed by atoms with Crippen LogP contribution in [0.15, 0.2) is 12.4 Å². The maximum atomic E-state index is 10.6. The highest BCUT2D eigenvalue weighted by atomic mass is 16.3. The van der Waals surface area contributed by atoms with Crippen molar-refractivity contribution in [1.82, 2.24) is 15.1 Å². The average Bonchev–Trinajstić information content (AvgIpc) is 2.63. The lowest BCUT2D eigenvalue weighted by Crippen LogP contribution is -2.27. The van der Waals surface area contributed by atoms with Crippen LogP contribution in [0.1, 0.15) is 25.0 Å². The van der Waals surface area contributed by atoms with Crippen molar-refractivity contribution in [3.8, 4) is 0 Å². The molecule has 0 spiro atoms. The van der Waals surface area contributed by atoms with E-state index in [1.165, 1.54) is 13.1 Å². The third-order valence-electron chi connectivity index (χ3n) is 2.24. The van der Waals surface area contributed by atoms with Crippen molar-refractivity contribution in [2.45, 2.75) is 25.6 Å². The van der Waals surface area contributed by atoms with Gasteiger partial charge in [0.05, 0.1) is 12.3 Å². The zero-order valence-electron chi connectivity index (χ0n) is 9.42. The molecule has 0 saturated carbocycles. The molecule has 0 aliphatic heterocycles. The summed E-state index contributed by atoms with van der Waals surface area (Å²) in [6, 6.07) is 0. The fraction of sp³-hybridized carbons (Fsp3) is 0.600. The fourth-order valence-electron chi connectivity index (χ4n) is 1.37. The number of carbonyl (C=O) groups excluding carboxylic acids is 1. The number of nitrogens with zero attached hydrogens (tertiary/aromatic N) is 2. The highest BCUT2D eigenvalue weighted by Crippen LogP contribution is 2.17. The Morgan fingerprint density at radius 2 is 2.31 bits per heavy atom. The second-order valence-corrected chi connectivity index (χ2v) is 3.73. The molecule has 0 aromatic carbocycles. The van der Waals surface area contributed by atoms with E-state index in [2.05, 4.69) is 10.4 Å². The zero-order valence-corrected chi connectivity index (χ0v) is 9.42. The molecule has 2 unspecified atom stereocenters. The van der Waals surface area contributed by atoms with E-state index in [1.807, 2.05) is 0 Å². The lowest BCUT2D eigenvalue weighted by Gasteiger charge is -2.16. The van der Waals surface area contributed by atoms with Crippen molar-refractivity contribution in [2.24, 2.45) is 7.05 Å². The molecule has 2 atom stereocenters. The molecule has 16 heavy (non-hydrogen) atoms. The number of hydrogen-bond acceptors (Lipinski definition) is 4. The number of aliphatic hydroxyl groups is 2. The van der Waals surface area contributed by atoms with E-state index in [0.29, 0.717) is 18.5 Å². The molecule has 0 fully saturated rings. The first kappa shape index (κ1) is 12.7. The molecule has 1 amide bonds. The van der Waals surface area contributed by atoms with E-state index in [-0.39, 0.29) is 5.91 Å². The summed E-state index contributed by atoms with van der Waals surface area (Å²) in [7, 11) is 1.74. The second-order valence-electron chi connectivity index (χ2n) is 3.73. The molecular formula is C10H17N3O3. The number of aliphatic hydroxyl groups excluding tert-OH is 2. The van der Waals surface area contributed by atoms with Crippen LogP contribution in [0, 0.1) is 0 Å². The summed E-state index contributed by atoms with van der Waals surface area (Å²) in [5, 5.41) is 25.9. The van der Waals surface area contributed by atoms with Gasteiger partial charge in [0, 0.05) is 32.3 Å².